The minimum absolute atomic E-state index is 0.414. The van der Waals surface area contributed by atoms with Gasteiger partial charge in [0.1, 0.15) is 37.2 Å². The molecule has 8 nitrogen and oxygen atoms in total. The first kappa shape index (κ1) is 21.8. The van der Waals surface area contributed by atoms with E-state index in [1.165, 1.54) is 0 Å². The number of nitrogens with one attached hydrogen (secondary N) is 1. The largest absolute Gasteiger partial charge is 0.490 e. The van der Waals surface area contributed by atoms with E-state index in [1.54, 1.807) is 29.2 Å². The summed E-state index contributed by atoms with van der Waals surface area (Å²) in [7, 11) is 0. The molecule has 4 aliphatic rings. The molecule has 2 aromatic carbocycles. The first-order valence-electron chi connectivity index (χ1n) is 11.0. The monoisotopic (exact) mass is 456 g/mol. The summed E-state index contributed by atoms with van der Waals surface area (Å²) in [5.41, 5.74) is 2.28. The molecule has 0 saturated heterocycles. The maximum atomic E-state index is 11.8. The number of rotatable bonds is 1. The van der Waals surface area contributed by atoms with Crippen LogP contribution in [0.5, 0.6) is 11.5 Å². The highest BCUT2D eigenvalue weighted by Gasteiger charge is 2.20. The maximum absolute atomic E-state index is 11.8. The summed E-state index contributed by atoms with van der Waals surface area (Å²) in [6.07, 6.45) is 7.29. The third-order valence-corrected chi connectivity index (χ3v) is 5.63. The molecular weight excluding hydrogens is 432 g/mol. The molecule has 0 aliphatic carbocycles. The van der Waals surface area contributed by atoms with E-state index >= 15 is 0 Å². The zero-order valence-corrected chi connectivity index (χ0v) is 18.4. The third-order valence-electron chi connectivity index (χ3n) is 5.63. The quantitative estimate of drug-likeness (QED) is 0.335. The minimum atomic E-state index is -1.12. The summed E-state index contributed by atoms with van der Waals surface area (Å²) >= 11 is 0. The zero-order chi connectivity index (χ0) is 23.3. The predicted octanol–water partition coefficient (Wildman–Crippen LogP) is 3.14. The number of ether oxygens (including phenoxy) is 2. The third kappa shape index (κ3) is 4.68. The van der Waals surface area contributed by atoms with E-state index in [1.807, 2.05) is 54.6 Å². The lowest BCUT2D eigenvalue weighted by Crippen LogP contribution is -2.36. The first-order valence-corrected chi connectivity index (χ1v) is 11.0. The molecule has 0 radical (unpaired) electrons. The average Bonchev–Trinajstić information content (AvgIpc) is 3.29. The standard InChI is InChI=1S/C26H24N4O4/c31-17-20-14-18-5-7-21(8-6-18)33-12-1-2-13-34-22-9-10-24-19(15-22)16-28-30(24)25-23(26(32)29-20)4-3-11-27-25/h1-11,15-17,20,26,29,32H,12-14H2/b2-1+/t20-,26?/m0/s1. The topological polar surface area (TPSA) is 98.5 Å². The Morgan fingerprint density at radius 1 is 1.03 bits per heavy atom. The van der Waals surface area contributed by atoms with Gasteiger partial charge in [0.25, 0.3) is 0 Å². The second kappa shape index (κ2) is 9.86. The molecule has 34 heavy (non-hydrogen) atoms. The number of aliphatic hydroxyl groups excluding tert-OH is 1. The van der Waals surface area contributed by atoms with Crippen LogP contribution in [0.15, 0.2) is 79.1 Å². The Balaban J connectivity index is 1.52. The fourth-order valence-corrected chi connectivity index (χ4v) is 3.91. The summed E-state index contributed by atoms with van der Waals surface area (Å²) < 4.78 is 13.2. The molecule has 8 heteroatoms. The Morgan fingerprint density at radius 3 is 2.59 bits per heavy atom. The van der Waals surface area contributed by atoms with E-state index in [0.717, 1.165) is 34.3 Å². The molecule has 6 bridgehead atoms. The Hall–Kier alpha value is -4.01. The van der Waals surface area contributed by atoms with Crippen molar-refractivity contribution >= 4 is 17.2 Å². The summed E-state index contributed by atoms with van der Waals surface area (Å²) in [5.74, 6) is 1.93. The van der Waals surface area contributed by atoms with Crippen molar-refractivity contribution in [3.63, 3.8) is 0 Å². The van der Waals surface area contributed by atoms with E-state index in [4.69, 9.17) is 9.47 Å². The van der Waals surface area contributed by atoms with Gasteiger partial charge in [-0.05, 0) is 66.6 Å². The molecule has 172 valence electrons. The molecule has 2 N–H and O–H groups in total. The summed E-state index contributed by atoms with van der Waals surface area (Å²) in [4.78, 5) is 16.3. The fraction of sp³-hybridized carbons (Fsp3) is 0.192. The Kier molecular flexibility index (Phi) is 6.33. The minimum Gasteiger partial charge on any atom is -0.490 e. The fourth-order valence-electron chi connectivity index (χ4n) is 3.91. The number of hydrogen-bond acceptors (Lipinski definition) is 7. The van der Waals surface area contributed by atoms with Gasteiger partial charge in [-0.3, -0.25) is 5.32 Å². The number of nitrogens with zero attached hydrogens (tertiary/aromatic N) is 3. The summed E-state index contributed by atoms with van der Waals surface area (Å²) in [5, 5.41) is 19.4. The van der Waals surface area contributed by atoms with Gasteiger partial charge in [0.2, 0.25) is 0 Å². The van der Waals surface area contributed by atoms with Gasteiger partial charge in [0, 0.05) is 17.1 Å². The second-order valence-corrected chi connectivity index (χ2v) is 7.95. The molecule has 0 saturated carbocycles. The van der Waals surface area contributed by atoms with Crippen molar-refractivity contribution in [1.29, 1.82) is 0 Å². The molecule has 0 spiro atoms. The van der Waals surface area contributed by atoms with E-state index in [9.17, 15) is 9.90 Å². The molecular formula is C26H24N4O4. The van der Waals surface area contributed by atoms with Crippen molar-refractivity contribution in [2.45, 2.75) is 18.7 Å². The van der Waals surface area contributed by atoms with Crippen LogP contribution in [0.2, 0.25) is 0 Å². The van der Waals surface area contributed by atoms with E-state index in [-0.39, 0.29) is 0 Å². The van der Waals surface area contributed by atoms with Crippen molar-refractivity contribution in [3.05, 3.63) is 90.3 Å². The van der Waals surface area contributed by atoms with Crippen LogP contribution in [-0.4, -0.2) is 45.4 Å². The molecule has 1 unspecified atom stereocenters. The molecule has 4 aliphatic heterocycles. The van der Waals surface area contributed by atoms with Gasteiger partial charge in [-0.15, -0.1) is 0 Å². The number of hydrogen-bond donors (Lipinski definition) is 2. The van der Waals surface area contributed by atoms with Crippen LogP contribution >= 0.6 is 0 Å². The van der Waals surface area contributed by atoms with Gasteiger partial charge >= 0.3 is 0 Å². The predicted molar refractivity (Wildman–Crippen MR) is 127 cm³/mol. The highest BCUT2D eigenvalue weighted by atomic mass is 16.5. The van der Waals surface area contributed by atoms with Gasteiger partial charge in [-0.2, -0.15) is 5.10 Å². The summed E-state index contributed by atoms with van der Waals surface area (Å²) in [6, 6.07) is 16.1. The van der Waals surface area contributed by atoms with Gasteiger partial charge < -0.3 is 19.4 Å². The number of aldehydes is 1. The Labute approximate surface area is 196 Å². The van der Waals surface area contributed by atoms with E-state index in [2.05, 4.69) is 15.4 Å². The van der Waals surface area contributed by atoms with Crippen LogP contribution in [-0.2, 0) is 11.2 Å². The normalized spacial score (nSPS) is 19.7. The zero-order valence-electron chi connectivity index (χ0n) is 18.4. The molecule has 0 amide bonds. The smallest absolute Gasteiger partial charge is 0.161 e. The van der Waals surface area contributed by atoms with Crippen molar-refractivity contribution in [1.82, 2.24) is 20.1 Å². The van der Waals surface area contributed by atoms with Crippen molar-refractivity contribution < 1.29 is 19.4 Å². The number of aromatic nitrogens is 3. The van der Waals surface area contributed by atoms with Gasteiger partial charge in [0.05, 0.1) is 17.8 Å². The number of aliphatic hydroxyl groups is 1. The van der Waals surface area contributed by atoms with E-state index in [0.29, 0.717) is 31.0 Å². The maximum Gasteiger partial charge on any atom is 0.161 e. The van der Waals surface area contributed by atoms with Crippen LogP contribution in [0.3, 0.4) is 0 Å². The van der Waals surface area contributed by atoms with Crippen LogP contribution in [0, 0.1) is 0 Å². The van der Waals surface area contributed by atoms with Crippen LogP contribution in [0.1, 0.15) is 17.4 Å². The average molecular weight is 457 g/mol. The van der Waals surface area contributed by atoms with Crippen molar-refractivity contribution in [3.8, 4) is 17.3 Å². The lowest BCUT2D eigenvalue weighted by Gasteiger charge is -2.20. The van der Waals surface area contributed by atoms with Crippen molar-refractivity contribution in [2.75, 3.05) is 13.2 Å². The molecule has 0 fully saturated rings. The number of carbonyl (C=O) groups excluding carboxylic acids is 1. The molecule has 2 atom stereocenters. The summed E-state index contributed by atoms with van der Waals surface area (Å²) in [6.45, 7) is 0.835. The molecule has 6 heterocycles. The van der Waals surface area contributed by atoms with Gasteiger partial charge in [0.15, 0.2) is 5.82 Å². The van der Waals surface area contributed by atoms with Crippen molar-refractivity contribution in [2.24, 2.45) is 0 Å². The second-order valence-electron chi connectivity index (χ2n) is 7.95. The van der Waals surface area contributed by atoms with Crippen LogP contribution in [0.4, 0.5) is 0 Å². The Morgan fingerprint density at radius 2 is 1.79 bits per heavy atom. The van der Waals surface area contributed by atoms with E-state index < -0.39 is 12.3 Å². The van der Waals surface area contributed by atoms with Gasteiger partial charge in [-0.1, -0.05) is 12.1 Å². The van der Waals surface area contributed by atoms with Gasteiger partial charge in [-0.25, -0.2) is 9.67 Å². The molecule has 8 rings (SSSR count). The highest BCUT2D eigenvalue weighted by Crippen LogP contribution is 2.26. The molecule has 4 aromatic rings. The van der Waals surface area contributed by atoms with Crippen LogP contribution in [0.25, 0.3) is 16.7 Å². The number of carbonyl (C=O) groups is 1. The number of pyridine rings is 1. The Bertz CT molecular complexity index is 1320. The lowest BCUT2D eigenvalue weighted by molar-refractivity contribution is -0.110. The highest BCUT2D eigenvalue weighted by molar-refractivity contribution is 5.81. The molecule has 2 aromatic heterocycles. The SMILES string of the molecule is O=C[C@@H]1Cc2ccc(cc2)OC/C=C/COc2ccc3c(cnn3-c3ncccc3C(O)N1)c2. The first-order chi connectivity index (χ1) is 16.7. The van der Waals surface area contributed by atoms with Crippen LogP contribution < -0.4 is 14.8 Å². The lowest BCUT2D eigenvalue weighted by atomic mass is 10.1. The number of benzene rings is 2.